The maximum absolute atomic E-state index is 11.0. The van der Waals surface area contributed by atoms with Gasteiger partial charge in [-0.1, -0.05) is 13.8 Å². The molecule has 1 aliphatic rings. The van der Waals surface area contributed by atoms with Crippen LogP contribution in [-0.2, 0) is 10.8 Å². The normalized spacial score (nSPS) is 28.9. The second-order valence-electron chi connectivity index (χ2n) is 5.74. The molecule has 2 nitrogen and oxygen atoms in total. The zero-order chi connectivity index (χ0) is 11.5. The molecule has 0 amide bonds. The summed E-state index contributed by atoms with van der Waals surface area (Å²) in [6.45, 7) is 6.90. The highest BCUT2D eigenvalue weighted by Gasteiger charge is 2.31. The van der Waals surface area contributed by atoms with Crippen LogP contribution in [0.15, 0.2) is 0 Å². The molecule has 0 aromatic carbocycles. The Morgan fingerprint density at radius 2 is 2.20 bits per heavy atom. The third-order valence-electron chi connectivity index (χ3n) is 3.33. The summed E-state index contributed by atoms with van der Waals surface area (Å²) in [4.78, 5) is 0. The van der Waals surface area contributed by atoms with E-state index in [1.807, 2.05) is 0 Å². The maximum Gasteiger partial charge on any atom is 0.0246 e. The first-order valence-corrected chi connectivity index (χ1v) is 7.68. The van der Waals surface area contributed by atoms with Gasteiger partial charge in [0.05, 0.1) is 0 Å². The number of hydrogen-bond acceptors (Lipinski definition) is 2. The van der Waals surface area contributed by atoms with E-state index in [1.54, 1.807) is 6.26 Å². The molecule has 90 valence electrons. The first kappa shape index (κ1) is 13.2. The summed E-state index contributed by atoms with van der Waals surface area (Å²) in [5.74, 6) is 0.824. The summed E-state index contributed by atoms with van der Waals surface area (Å²) in [7, 11) is -0.645. The van der Waals surface area contributed by atoms with Crippen LogP contribution in [0, 0.1) is 5.41 Å². The highest BCUT2D eigenvalue weighted by atomic mass is 32.2. The highest BCUT2D eigenvalue weighted by Crippen LogP contribution is 2.37. The van der Waals surface area contributed by atoms with Crippen molar-refractivity contribution in [3.63, 3.8) is 0 Å². The van der Waals surface area contributed by atoms with Crippen LogP contribution in [0.4, 0.5) is 0 Å². The predicted molar refractivity (Wildman–Crippen MR) is 67.6 cm³/mol. The molecule has 1 N–H and O–H groups in total. The fourth-order valence-electron chi connectivity index (χ4n) is 2.41. The number of hydrogen-bond donors (Lipinski definition) is 1. The van der Waals surface area contributed by atoms with Gasteiger partial charge in [-0.2, -0.15) is 0 Å². The zero-order valence-corrected chi connectivity index (χ0v) is 11.3. The third kappa shape index (κ3) is 5.12. The zero-order valence-electron chi connectivity index (χ0n) is 10.5. The first-order chi connectivity index (χ1) is 6.89. The molecule has 0 heterocycles. The van der Waals surface area contributed by atoms with Crippen molar-refractivity contribution in [3.05, 3.63) is 0 Å². The van der Waals surface area contributed by atoms with Gasteiger partial charge >= 0.3 is 0 Å². The molecular weight excluding hydrogens is 206 g/mol. The fourth-order valence-corrected chi connectivity index (χ4v) is 3.09. The Balaban J connectivity index is 2.21. The van der Waals surface area contributed by atoms with Gasteiger partial charge < -0.3 is 5.32 Å². The third-order valence-corrected chi connectivity index (χ3v) is 4.14. The van der Waals surface area contributed by atoms with Crippen LogP contribution in [0.1, 0.15) is 46.5 Å². The Morgan fingerprint density at radius 1 is 1.53 bits per heavy atom. The van der Waals surface area contributed by atoms with Gasteiger partial charge in [-0.25, -0.2) is 0 Å². The van der Waals surface area contributed by atoms with Crippen LogP contribution < -0.4 is 5.32 Å². The lowest BCUT2D eigenvalue weighted by atomic mass is 9.92. The molecule has 1 rings (SSSR count). The van der Waals surface area contributed by atoms with E-state index < -0.39 is 10.8 Å². The Hall–Kier alpha value is 0.110. The Morgan fingerprint density at radius 3 is 2.67 bits per heavy atom. The van der Waals surface area contributed by atoms with E-state index in [9.17, 15) is 4.21 Å². The van der Waals surface area contributed by atoms with Crippen molar-refractivity contribution in [2.45, 2.75) is 58.5 Å². The molecule has 0 spiro atoms. The summed E-state index contributed by atoms with van der Waals surface area (Å²) in [6, 6.07) is 1.19. The van der Waals surface area contributed by atoms with Gasteiger partial charge in [0, 0.05) is 34.9 Å². The van der Waals surface area contributed by atoms with Gasteiger partial charge in [0.1, 0.15) is 0 Å². The molecule has 1 saturated carbocycles. The Kier molecular flexibility index (Phi) is 4.78. The van der Waals surface area contributed by atoms with Crippen LogP contribution in [0.25, 0.3) is 0 Å². The predicted octanol–water partition coefficient (Wildman–Crippen LogP) is 2.31. The van der Waals surface area contributed by atoms with E-state index in [-0.39, 0.29) is 0 Å². The van der Waals surface area contributed by atoms with Crippen molar-refractivity contribution in [1.82, 2.24) is 5.32 Å². The van der Waals surface area contributed by atoms with Crippen molar-refractivity contribution < 1.29 is 4.21 Å². The molecular formula is C12H25NOS. The minimum Gasteiger partial charge on any atom is -0.311 e. The summed E-state index contributed by atoms with van der Waals surface area (Å²) in [5, 5.41) is 3.66. The fraction of sp³-hybridized carbons (Fsp3) is 1.00. The molecule has 0 aromatic rings. The smallest absolute Gasteiger partial charge is 0.0246 e. The SMILES string of the molecule is CC(CCS(C)=O)NC1CCC(C)(C)C1. The van der Waals surface area contributed by atoms with E-state index in [4.69, 9.17) is 0 Å². The van der Waals surface area contributed by atoms with Gasteiger partial charge in [-0.3, -0.25) is 4.21 Å². The maximum atomic E-state index is 11.0. The number of rotatable bonds is 5. The average molecular weight is 231 g/mol. The highest BCUT2D eigenvalue weighted by molar-refractivity contribution is 7.84. The summed E-state index contributed by atoms with van der Waals surface area (Å²) < 4.78 is 11.0. The summed E-state index contributed by atoms with van der Waals surface area (Å²) >= 11 is 0. The molecule has 0 aliphatic heterocycles. The minimum atomic E-state index is -0.645. The van der Waals surface area contributed by atoms with Crippen molar-refractivity contribution in [2.75, 3.05) is 12.0 Å². The molecule has 3 atom stereocenters. The minimum absolute atomic E-state index is 0.507. The molecule has 15 heavy (non-hydrogen) atoms. The quantitative estimate of drug-likeness (QED) is 0.787. The molecule has 1 aliphatic carbocycles. The van der Waals surface area contributed by atoms with Gasteiger partial charge in [0.15, 0.2) is 0 Å². The Labute approximate surface area is 96.7 Å². The van der Waals surface area contributed by atoms with Crippen LogP contribution in [0.3, 0.4) is 0 Å². The standard InChI is InChI=1S/C12H25NOS/c1-10(6-8-15(4)14)13-11-5-7-12(2,3)9-11/h10-11,13H,5-9H2,1-4H3. The lowest BCUT2D eigenvalue weighted by Gasteiger charge is -2.21. The second-order valence-corrected chi connectivity index (χ2v) is 7.29. The van der Waals surface area contributed by atoms with Gasteiger partial charge in [-0.15, -0.1) is 0 Å². The van der Waals surface area contributed by atoms with E-state index in [1.165, 1.54) is 19.3 Å². The largest absolute Gasteiger partial charge is 0.311 e. The van der Waals surface area contributed by atoms with Crippen molar-refractivity contribution in [2.24, 2.45) is 5.41 Å². The van der Waals surface area contributed by atoms with Crippen molar-refractivity contribution in [1.29, 1.82) is 0 Å². The van der Waals surface area contributed by atoms with Gasteiger partial charge in [0.2, 0.25) is 0 Å². The molecule has 0 bridgehead atoms. The molecule has 0 radical (unpaired) electrons. The van der Waals surface area contributed by atoms with Crippen LogP contribution in [0.2, 0.25) is 0 Å². The lowest BCUT2D eigenvalue weighted by molar-refractivity contribution is 0.353. The second kappa shape index (κ2) is 5.44. The molecule has 3 heteroatoms. The monoisotopic (exact) mass is 231 g/mol. The van der Waals surface area contributed by atoms with E-state index >= 15 is 0 Å². The van der Waals surface area contributed by atoms with Crippen molar-refractivity contribution in [3.8, 4) is 0 Å². The van der Waals surface area contributed by atoms with E-state index in [0.717, 1.165) is 12.2 Å². The summed E-state index contributed by atoms with van der Waals surface area (Å²) in [6.07, 6.45) is 6.72. The number of nitrogens with one attached hydrogen (secondary N) is 1. The first-order valence-electron chi connectivity index (χ1n) is 5.95. The van der Waals surface area contributed by atoms with Crippen LogP contribution >= 0.6 is 0 Å². The molecule has 3 unspecified atom stereocenters. The van der Waals surface area contributed by atoms with E-state index in [2.05, 4.69) is 26.1 Å². The lowest BCUT2D eigenvalue weighted by Crippen LogP contribution is -2.36. The topological polar surface area (TPSA) is 29.1 Å². The molecule has 0 aromatic heterocycles. The van der Waals surface area contributed by atoms with Gasteiger partial charge in [0.25, 0.3) is 0 Å². The van der Waals surface area contributed by atoms with Gasteiger partial charge in [-0.05, 0) is 38.0 Å². The average Bonchev–Trinajstić information content (AvgIpc) is 2.42. The van der Waals surface area contributed by atoms with E-state index in [0.29, 0.717) is 17.5 Å². The molecule has 1 fully saturated rings. The van der Waals surface area contributed by atoms with Crippen molar-refractivity contribution >= 4 is 10.8 Å². The summed E-state index contributed by atoms with van der Waals surface area (Å²) in [5.41, 5.74) is 0.519. The Bertz CT molecular complexity index is 228. The van der Waals surface area contributed by atoms with Crippen LogP contribution in [-0.4, -0.2) is 28.3 Å². The molecule has 0 saturated heterocycles. The van der Waals surface area contributed by atoms with Crippen LogP contribution in [0.5, 0.6) is 0 Å².